The lowest BCUT2D eigenvalue weighted by Crippen LogP contribution is -2.38. The van der Waals surface area contributed by atoms with Crippen molar-refractivity contribution in [3.63, 3.8) is 0 Å². The van der Waals surface area contributed by atoms with E-state index in [1.807, 2.05) is 40.1 Å². The molecule has 0 bridgehead atoms. The zero-order chi connectivity index (χ0) is 39.6. The van der Waals surface area contributed by atoms with Crippen LogP contribution in [0.15, 0.2) is 212 Å². The van der Waals surface area contributed by atoms with Crippen LogP contribution in [-0.2, 0) is 0 Å². The van der Waals surface area contributed by atoms with Crippen LogP contribution >= 0.6 is 0 Å². The summed E-state index contributed by atoms with van der Waals surface area (Å²) in [6.45, 7) is 0. The molecule has 4 heterocycles. The Kier molecular flexibility index (Phi) is 7.81. The van der Waals surface area contributed by atoms with Gasteiger partial charge in [0.15, 0.2) is 17.3 Å². The Labute approximate surface area is 346 Å². The molecule has 2 aromatic heterocycles. The van der Waals surface area contributed by atoms with Crippen molar-refractivity contribution in [2.45, 2.75) is 6.17 Å². The minimum Gasteiger partial charge on any atom is -0.343 e. The molecule has 0 radical (unpaired) electrons. The molecule has 0 aliphatic carbocycles. The highest BCUT2D eigenvalue weighted by molar-refractivity contribution is 6.25. The summed E-state index contributed by atoms with van der Waals surface area (Å²) in [7, 11) is 0. The maximum Gasteiger partial charge on any atom is 0.182 e. The van der Waals surface area contributed by atoms with E-state index in [0.717, 1.165) is 61.6 Å². The molecule has 1 unspecified atom stereocenters. The fraction of sp³-hybridized carbons (Fsp3) is 0.0185. The number of amidine groups is 1. The molecule has 2 aliphatic rings. The molecule has 0 saturated heterocycles. The Hall–Kier alpha value is -8.09. The number of allylic oxidation sites excluding steroid dienone is 2. The molecule has 0 spiro atoms. The lowest BCUT2D eigenvalue weighted by Gasteiger charge is -2.25. The van der Waals surface area contributed by atoms with Crippen LogP contribution in [0.3, 0.4) is 0 Å². The number of benzene rings is 8. The second-order valence-corrected chi connectivity index (χ2v) is 15.4. The third-order valence-electron chi connectivity index (χ3n) is 11.9. The second-order valence-electron chi connectivity index (χ2n) is 15.4. The van der Waals surface area contributed by atoms with Crippen molar-refractivity contribution < 1.29 is 0 Å². The summed E-state index contributed by atoms with van der Waals surface area (Å²) < 4.78 is 1.88. The van der Waals surface area contributed by atoms with E-state index in [9.17, 15) is 0 Å². The predicted octanol–water partition coefficient (Wildman–Crippen LogP) is 12.4. The van der Waals surface area contributed by atoms with Crippen LogP contribution in [-0.4, -0.2) is 31.6 Å². The van der Waals surface area contributed by atoms with Crippen molar-refractivity contribution in [1.82, 2.24) is 24.9 Å². The van der Waals surface area contributed by atoms with Gasteiger partial charge in [-0.25, -0.2) is 14.5 Å². The highest BCUT2D eigenvalue weighted by Gasteiger charge is 2.31. The van der Waals surface area contributed by atoms with Crippen molar-refractivity contribution in [3.05, 3.63) is 218 Å². The van der Waals surface area contributed by atoms with Crippen LogP contribution in [0.25, 0.3) is 88.3 Å². The highest BCUT2D eigenvalue weighted by Crippen LogP contribution is 2.39. The quantitative estimate of drug-likeness (QED) is 0.171. The molecule has 0 fully saturated rings. The topological polar surface area (TPSA) is 57.8 Å². The molecule has 0 amide bonds. The van der Waals surface area contributed by atoms with E-state index < -0.39 is 0 Å². The van der Waals surface area contributed by atoms with Gasteiger partial charge < -0.3 is 5.32 Å². The van der Waals surface area contributed by atoms with Crippen molar-refractivity contribution in [3.8, 4) is 44.8 Å². The Bertz CT molecular complexity index is 3380. The number of nitrogens with zero attached hydrogens (tertiary/aromatic N) is 5. The van der Waals surface area contributed by atoms with E-state index in [1.54, 1.807) is 0 Å². The van der Waals surface area contributed by atoms with Gasteiger partial charge in [-0.2, -0.15) is 5.10 Å². The third-order valence-corrected chi connectivity index (χ3v) is 11.9. The average molecular weight is 769 g/mol. The van der Waals surface area contributed by atoms with Crippen LogP contribution in [0.4, 0.5) is 0 Å². The zero-order valence-electron chi connectivity index (χ0n) is 32.4. The van der Waals surface area contributed by atoms with Crippen LogP contribution < -0.4 is 5.32 Å². The van der Waals surface area contributed by atoms with Gasteiger partial charge in [-0.3, -0.25) is 0 Å². The molecule has 2 aliphatic heterocycles. The van der Waals surface area contributed by atoms with Gasteiger partial charge in [0.2, 0.25) is 0 Å². The zero-order valence-corrected chi connectivity index (χ0v) is 32.4. The summed E-state index contributed by atoms with van der Waals surface area (Å²) >= 11 is 0. The molecule has 12 rings (SSSR count). The average Bonchev–Trinajstić information content (AvgIpc) is 3.98. The summed E-state index contributed by atoms with van der Waals surface area (Å²) in [5.74, 6) is 1.43. The van der Waals surface area contributed by atoms with Gasteiger partial charge >= 0.3 is 0 Å². The van der Waals surface area contributed by atoms with Crippen molar-refractivity contribution >= 4 is 49.4 Å². The number of hydrogen-bond donors (Lipinski definition) is 1. The Morgan fingerprint density at radius 3 is 1.78 bits per heavy atom. The molecule has 6 nitrogen and oxygen atoms in total. The molecular weight excluding hydrogens is 733 g/mol. The van der Waals surface area contributed by atoms with Crippen molar-refractivity contribution in [1.29, 1.82) is 0 Å². The molecule has 282 valence electrons. The molecule has 0 saturated carbocycles. The van der Waals surface area contributed by atoms with E-state index in [0.29, 0.717) is 5.82 Å². The summed E-state index contributed by atoms with van der Waals surface area (Å²) in [6, 6.07) is 64.8. The second kappa shape index (κ2) is 13.8. The smallest absolute Gasteiger partial charge is 0.182 e. The van der Waals surface area contributed by atoms with E-state index in [2.05, 4.69) is 181 Å². The van der Waals surface area contributed by atoms with Crippen LogP contribution in [0.5, 0.6) is 0 Å². The molecule has 1 atom stereocenters. The number of nitrogens with one attached hydrogen (secondary N) is 1. The normalized spacial score (nSPS) is 14.7. The number of rotatable bonds is 6. The predicted molar refractivity (Wildman–Crippen MR) is 246 cm³/mol. The lowest BCUT2D eigenvalue weighted by molar-refractivity contribution is 0.359. The van der Waals surface area contributed by atoms with E-state index in [4.69, 9.17) is 15.2 Å². The summed E-state index contributed by atoms with van der Waals surface area (Å²) in [4.78, 5) is 5.19. The van der Waals surface area contributed by atoms with E-state index >= 15 is 0 Å². The molecule has 1 N–H and O–H groups in total. The first-order valence-electron chi connectivity index (χ1n) is 20.3. The number of hydrazone groups is 1. The van der Waals surface area contributed by atoms with Crippen molar-refractivity contribution in [2.24, 2.45) is 5.10 Å². The summed E-state index contributed by atoms with van der Waals surface area (Å²) in [5.41, 5.74) is 11.6. The fourth-order valence-corrected chi connectivity index (χ4v) is 8.99. The number of pyridine rings is 1. The maximum atomic E-state index is 5.19. The summed E-state index contributed by atoms with van der Waals surface area (Å²) in [5, 5.41) is 23.6. The van der Waals surface area contributed by atoms with E-state index in [1.165, 1.54) is 37.9 Å². The minimum absolute atomic E-state index is 0.134. The van der Waals surface area contributed by atoms with Crippen LogP contribution in [0, 0.1) is 0 Å². The first kappa shape index (κ1) is 34.0. The van der Waals surface area contributed by atoms with E-state index in [-0.39, 0.29) is 6.17 Å². The van der Waals surface area contributed by atoms with Gasteiger partial charge in [0.1, 0.15) is 6.17 Å². The molecule has 6 heteroatoms. The van der Waals surface area contributed by atoms with Gasteiger partial charge in [0.25, 0.3) is 0 Å². The number of fused-ring (bicyclic) bond motifs is 8. The maximum absolute atomic E-state index is 5.19. The third kappa shape index (κ3) is 5.69. The Balaban J connectivity index is 0.991. The number of hydrogen-bond acceptors (Lipinski definition) is 5. The SMILES string of the molecule is C1=CN2N=C(c3cc(-c4cccc(-c5ccc6c7ccccc7c7ccccc7c6c5)c4)cc(-c4nc5c(-c6ccccc6)cccn5n4)c3)NC2C(c2ccccc2)=C1. The van der Waals surface area contributed by atoms with Gasteiger partial charge in [-0.1, -0.05) is 146 Å². The highest BCUT2D eigenvalue weighted by atomic mass is 15.6. The van der Waals surface area contributed by atoms with Crippen molar-refractivity contribution in [2.75, 3.05) is 0 Å². The number of aromatic nitrogens is 3. The standard InChI is InChI=1S/C54H36N6/c1-3-14-35(15-4-1)43-24-12-28-59-53(43)55-51(57-59)41-31-40(32-42(33-41)52-56-54-44(25-13-29-60(54)58-52)36-16-5-2-6-17-36)38-19-11-18-37(30-38)39-26-27-49-47-22-8-7-20-45(47)46-21-9-10-23-48(46)50(49)34-39/h1-34,53H,(H,55,57). The minimum atomic E-state index is -0.134. The molecular formula is C54H36N6. The van der Waals surface area contributed by atoms with Gasteiger partial charge in [0.05, 0.1) is 0 Å². The largest absolute Gasteiger partial charge is 0.343 e. The Morgan fingerprint density at radius 1 is 0.450 bits per heavy atom. The molecule has 10 aromatic rings. The first-order valence-corrected chi connectivity index (χ1v) is 20.3. The monoisotopic (exact) mass is 768 g/mol. The summed E-state index contributed by atoms with van der Waals surface area (Å²) in [6.07, 6.45) is 8.08. The van der Waals surface area contributed by atoms with Gasteiger partial charge in [-0.05, 0) is 114 Å². The van der Waals surface area contributed by atoms with Crippen LogP contribution in [0.2, 0.25) is 0 Å². The molecule has 60 heavy (non-hydrogen) atoms. The Morgan fingerprint density at radius 2 is 1.03 bits per heavy atom. The van der Waals surface area contributed by atoms with Crippen LogP contribution in [0.1, 0.15) is 11.1 Å². The fourth-order valence-electron chi connectivity index (χ4n) is 8.99. The van der Waals surface area contributed by atoms with Gasteiger partial charge in [-0.15, -0.1) is 5.10 Å². The molecule has 8 aromatic carbocycles. The van der Waals surface area contributed by atoms with Gasteiger partial charge in [0, 0.05) is 34.7 Å². The lowest BCUT2D eigenvalue weighted by atomic mass is 9.91. The first-order chi connectivity index (χ1) is 29.7.